The van der Waals surface area contributed by atoms with Crippen LogP contribution in [0.4, 0.5) is 10.1 Å². The molecule has 30 heavy (non-hydrogen) atoms. The molecule has 9 heteroatoms. The lowest BCUT2D eigenvalue weighted by atomic mass is 10.1. The van der Waals surface area contributed by atoms with Crippen molar-refractivity contribution >= 4 is 22.6 Å². The van der Waals surface area contributed by atoms with E-state index in [-0.39, 0.29) is 34.4 Å². The zero-order valence-electron chi connectivity index (χ0n) is 16.8. The third kappa shape index (κ3) is 3.58. The summed E-state index contributed by atoms with van der Waals surface area (Å²) < 4.78 is 15.4. The van der Waals surface area contributed by atoms with Gasteiger partial charge < -0.3 is 10.2 Å². The van der Waals surface area contributed by atoms with Crippen molar-refractivity contribution in [1.82, 2.24) is 19.4 Å². The van der Waals surface area contributed by atoms with E-state index in [1.54, 1.807) is 12.1 Å². The molecule has 1 saturated heterocycles. The van der Waals surface area contributed by atoms with Crippen LogP contribution >= 0.6 is 0 Å². The molecule has 1 aliphatic heterocycles. The fourth-order valence-corrected chi connectivity index (χ4v) is 3.79. The van der Waals surface area contributed by atoms with Gasteiger partial charge in [0.05, 0.1) is 5.39 Å². The number of nitrogens with zero attached hydrogens (tertiary/aromatic N) is 4. The first-order valence-corrected chi connectivity index (χ1v) is 9.70. The second-order valence-electron chi connectivity index (χ2n) is 7.56. The Morgan fingerprint density at radius 1 is 1.13 bits per heavy atom. The summed E-state index contributed by atoms with van der Waals surface area (Å²) in [5.74, 6) is -0.360. The first kappa shape index (κ1) is 19.8. The number of hydrogen-bond acceptors (Lipinski definition) is 5. The van der Waals surface area contributed by atoms with Gasteiger partial charge >= 0.3 is 5.69 Å². The second-order valence-corrected chi connectivity index (χ2v) is 7.56. The predicted octanol–water partition coefficient (Wildman–Crippen LogP) is 1.03. The van der Waals surface area contributed by atoms with Gasteiger partial charge in [0.15, 0.2) is 0 Å². The molecule has 0 spiro atoms. The average Bonchev–Trinajstić information content (AvgIpc) is 3.23. The number of hydrogen-bond donors (Lipinski definition) is 1. The monoisotopic (exact) mass is 411 g/mol. The van der Waals surface area contributed by atoms with Crippen LogP contribution in [0.2, 0.25) is 0 Å². The van der Waals surface area contributed by atoms with Crippen molar-refractivity contribution in [3.63, 3.8) is 0 Å². The molecule has 0 saturated carbocycles. The van der Waals surface area contributed by atoms with Crippen LogP contribution in [0.1, 0.15) is 16.9 Å². The maximum absolute atomic E-state index is 13.1. The van der Waals surface area contributed by atoms with E-state index in [1.165, 1.54) is 42.9 Å². The highest BCUT2D eigenvalue weighted by Crippen LogP contribution is 2.23. The van der Waals surface area contributed by atoms with E-state index >= 15 is 0 Å². The standard InChI is InChI=1S/C21H22FN5O3/c1-25-18-16(20(29)26(2)21(25)30)7-8-17(24-18)19(28)23-11-13-9-10-27(12-13)15-5-3-14(22)4-6-15/h3-8,13H,9-12H2,1-2H3,(H,23,28). The summed E-state index contributed by atoms with van der Waals surface area (Å²) in [4.78, 5) is 43.3. The molecule has 1 fully saturated rings. The summed E-state index contributed by atoms with van der Waals surface area (Å²) in [5.41, 5.74) is 0.353. The van der Waals surface area contributed by atoms with Gasteiger partial charge in [0.25, 0.3) is 11.5 Å². The minimum absolute atomic E-state index is 0.152. The van der Waals surface area contributed by atoms with Gasteiger partial charge in [-0.05, 0) is 48.7 Å². The summed E-state index contributed by atoms with van der Waals surface area (Å²) in [7, 11) is 2.92. The van der Waals surface area contributed by atoms with Crippen molar-refractivity contribution < 1.29 is 9.18 Å². The van der Waals surface area contributed by atoms with E-state index in [0.717, 1.165) is 29.8 Å². The molecule has 1 amide bonds. The van der Waals surface area contributed by atoms with Gasteiger partial charge in [0.1, 0.15) is 17.2 Å². The third-order valence-corrected chi connectivity index (χ3v) is 5.56. The molecule has 2 aromatic heterocycles. The number of anilines is 1. The first-order valence-electron chi connectivity index (χ1n) is 9.70. The van der Waals surface area contributed by atoms with E-state index in [2.05, 4.69) is 15.2 Å². The number of rotatable bonds is 4. The summed E-state index contributed by atoms with van der Waals surface area (Å²) >= 11 is 0. The highest BCUT2D eigenvalue weighted by molar-refractivity contribution is 5.94. The molecule has 1 atom stereocenters. The molecule has 1 aromatic carbocycles. The number of nitrogens with one attached hydrogen (secondary N) is 1. The zero-order chi connectivity index (χ0) is 21.4. The minimum atomic E-state index is -0.496. The molecule has 0 radical (unpaired) electrons. The van der Waals surface area contributed by atoms with Gasteiger partial charge in [-0.3, -0.25) is 18.7 Å². The van der Waals surface area contributed by atoms with Crippen molar-refractivity contribution in [2.24, 2.45) is 20.0 Å². The van der Waals surface area contributed by atoms with Gasteiger partial charge in [-0.25, -0.2) is 14.2 Å². The van der Waals surface area contributed by atoms with Crippen LogP contribution in [-0.4, -0.2) is 39.7 Å². The number of fused-ring (bicyclic) bond motifs is 1. The Balaban J connectivity index is 1.44. The van der Waals surface area contributed by atoms with Gasteiger partial charge in [0.2, 0.25) is 0 Å². The lowest BCUT2D eigenvalue weighted by molar-refractivity contribution is 0.0943. The summed E-state index contributed by atoms with van der Waals surface area (Å²) in [6.45, 7) is 2.08. The molecule has 3 aromatic rings. The lowest BCUT2D eigenvalue weighted by Gasteiger charge is -2.18. The Morgan fingerprint density at radius 3 is 2.60 bits per heavy atom. The lowest BCUT2D eigenvalue weighted by Crippen LogP contribution is -2.37. The Bertz CT molecular complexity index is 1230. The summed E-state index contributed by atoms with van der Waals surface area (Å²) in [6, 6.07) is 9.40. The molecule has 1 unspecified atom stereocenters. The van der Waals surface area contributed by atoms with Crippen LogP contribution in [-0.2, 0) is 14.1 Å². The zero-order valence-corrected chi connectivity index (χ0v) is 16.8. The summed E-state index contributed by atoms with van der Waals surface area (Å²) in [5, 5.41) is 3.17. The topological polar surface area (TPSA) is 89.2 Å². The smallest absolute Gasteiger partial charge is 0.332 e. The number of carbonyl (C=O) groups is 1. The van der Waals surface area contributed by atoms with Crippen molar-refractivity contribution in [2.45, 2.75) is 6.42 Å². The fourth-order valence-electron chi connectivity index (χ4n) is 3.79. The molecular weight excluding hydrogens is 389 g/mol. The second kappa shape index (κ2) is 7.74. The van der Waals surface area contributed by atoms with E-state index < -0.39 is 11.2 Å². The van der Waals surface area contributed by atoms with Crippen molar-refractivity contribution in [1.29, 1.82) is 0 Å². The number of carbonyl (C=O) groups excluding carboxylic acids is 1. The number of aryl methyl sites for hydroxylation is 1. The highest BCUT2D eigenvalue weighted by Gasteiger charge is 2.23. The van der Waals surface area contributed by atoms with Gasteiger partial charge in [-0.2, -0.15) is 0 Å². The number of amides is 1. The molecule has 0 bridgehead atoms. The van der Waals surface area contributed by atoms with Crippen LogP contribution in [0.15, 0.2) is 46.0 Å². The number of halogens is 1. The molecule has 8 nitrogen and oxygen atoms in total. The molecule has 1 N–H and O–H groups in total. The molecule has 156 valence electrons. The molecule has 0 aliphatic carbocycles. The molecule has 4 rings (SSSR count). The number of pyridine rings is 1. The molecule has 3 heterocycles. The van der Waals surface area contributed by atoms with Gasteiger partial charge in [0, 0.05) is 39.4 Å². The van der Waals surface area contributed by atoms with Crippen LogP contribution in [0.3, 0.4) is 0 Å². The Morgan fingerprint density at radius 2 is 1.87 bits per heavy atom. The molecular formula is C21H22FN5O3. The van der Waals surface area contributed by atoms with E-state index in [0.29, 0.717) is 6.54 Å². The van der Waals surface area contributed by atoms with Crippen LogP contribution in [0.5, 0.6) is 0 Å². The van der Waals surface area contributed by atoms with Crippen molar-refractivity contribution in [3.05, 3.63) is 68.7 Å². The minimum Gasteiger partial charge on any atom is -0.371 e. The Hall–Kier alpha value is -3.49. The maximum atomic E-state index is 13.1. The van der Waals surface area contributed by atoms with Crippen LogP contribution in [0, 0.1) is 11.7 Å². The average molecular weight is 411 g/mol. The van der Waals surface area contributed by atoms with Crippen LogP contribution in [0.25, 0.3) is 11.0 Å². The van der Waals surface area contributed by atoms with Crippen LogP contribution < -0.4 is 21.5 Å². The highest BCUT2D eigenvalue weighted by atomic mass is 19.1. The fraction of sp³-hybridized carbons (Fsp3) is 0.333. The van der Waals surface area contributed by atoms with E-state index in [4.69, 9.17) is 0 Å². The number of aromatic nitrogens is 3. The van der Waals surface area contributed by atoms with Gasteiger partial charge in [-0.1, -0.05) is 0 Å². The molecule has 1 aliphatic rings. The predicted molar refractivity (Wildman–Crippen MR) is 111 cm³/mol. The van der Waals surface area contributed by atoms with E-state index in [1.807, 2.05) is 0 Å². The normalized spacial score (nSPS) is 16.2. The number of benzene rings is 1. The van der Waals surface area contributed by atoms with Crippen molar-refractivity contribution in [3.8, 4) is 0 Å². The van der Waals surface area contributed by atoms with Gasteiger partial charge in [-0.15, -0.1) is 0 Å². The van der Waals surface area contributed by atoms with Crippen molar-refractivity contribution in [2.75, 3.05) is 24.5 Å². The maximum Gasteiger partial charge on any atom is 0.332 e. The quantitative estimate of drug-likeness (QED) is 0.693. The first-order chi connectivity index (χ1) is 14.3. The Labute approximate surface area is 171 Å². The van der Waals surface area contributed by atoms with E-state index in [9.17, 15) is 18.8 Å². The largest absolute Gasteiger partial charge is 0.371 e. The SMILES string of the molecule is Cn1c(=O)c2ccc(C(=O)NCC3CCN(c4ccc(F)cc4)C3)nc2n(C)c1=O. The summed E-state index contributed by atoms with van der Waals surface area (Å²) in [6.07, 6.45) is 0.910. The third-order valence-electron chi connectivity index (χ3n) is 5.56. The Kier molecular flexibility index (Phi) is 5.11.